The van der Waals surface area contributed by atoms with Crippen molar-refractivity contribution >= 4 is 62.7 Å². The molecule has 3 aromatic rings. The van der Waals surface area contributed by atoms with Crippen LogP contribution in [0.15, 0.2) is 48.5 Å². The van der Waals surface area contributed by atoms with Crippen molar-refractivity contribution in [3.8, 4) is 0 Å². The minimum Gasteiger partial charge on any atom is -0.322 e. The van der Waals surface area contributed by atoms with Gasteiger partial charge in [-0.25, -0.2) is 0 Å². The predicted molar refractivity (Wildman–Crippen MR) is 115 cm³/mol. The normalized spacial score (nSPS) is 10.4. The number of halogens is 2. The lowest BCUT2D eigenvalue weighted by atomic mass is 10.1. The number of nitrogens with zero attached hydrogens (tertiary/aromatic N) is 1. The van der Waals surface area contributed by atoms with Crippen molar-refractivity contribution in [3.63, 3.8) is 0 Å². The number of rotatable bonds is 5. The van der Waals surface area contributed by atoms with Crippen LogP contribution in [0.1, 0.15) is 25.6 Å². The number of hydrogen-bond donors (Lipinski definition) is 2. The van der Waals surface area contributed by atoms with Gasteiger partial charge in [0.1, 0.15) is 4.88 Å². The van der Waals surface area contributed by atoms with Crippen LogP contribution in [0.25, 0.3) is 0 Å². The van der Waals surface area contributed by atoms with Crippen molar-refractivity contribution < 1.29 is 14.5 Å². The monoisotopic (exact) mass is 449 g/mol. The summed E-state index contributed by atoms with van der Waals surface area (Å²) in [4.78, 5) is 35.4. The van der Waals surface area contributed by atoms with Crippen molar-refractivity contribution in [1.29, 1.82) is 0 Å². The summed E-state index contributed by atoms with van der Waals surface area (Å²) < 4.78 is 0. The van der Waals surface area contributed by atoms with E-state index in [-0.39, 0.29) is 20.5 Å². The van der Waals surface area contributed by atoms with E-state index in [9.17, 15) is 19.7 Å². The molecule has 0 fully saturated rings. The zero-order chi connectivity index (χ0) is 21.1. The first-order valence-electron chi connectivity index (χ1n) is 8.17. The van der Waals surface area contributed by atoms with E-state index in [0.29, 0.717) is 22.0 Å². The summed E-state index contributed by atoms with van der Waals surface area (Å²) in [5, 5.41) is 16.8. The van der Waals surface area contributed by atoms with E-state index in [0.717, 1.165) is 11.3 Å². The van der Waals surface area contributed by atoms with Gasteiger partial charge in [0.2, 0.25) is 0 Å². The van der Waals surface area contributed by atoms with Gasteiger partial charge in [-0.05, 0) is 55.0 Å². The van der Waals surface area contributed by atoms with E-state index in [2.05, 4.69) is 10.6 Å². The highest BCUT2D eigenvalue weighted by atomic mass is 35.5. The number of carbonyl (C=O) groups is 2. The van der Waals surface area contributed by atoms with E-state index >= 15 is 0 Å². The molecule has 2 N–H and O–H groups in total. The number of thiophene rings is 1. The minimum atomic E-state index is -0.542. The summed E-state index contributed by atoms with van der Waals surface area (Å²) >= 11 is 12.8. The van der Waals surface area contributed by atoms with E-state index < -0.39 is 16.7 Å². The maximum atomic E-state index is 12.4. The van der Waals surface area contributed by atoms with Gasteiger partial charge in [-0.15, -0.1) is 0 Å². The summed E-state index contributed by atoms with van der Waals surface area (Å²) in [6.45, 7) is 1.62. The molecule has 148 valence electrons. The van der Waals surface area contributed by atoms with Gasteiger partial charge < -0.3 is 10.6 Å². The largest absolute Gasteiger partial charge is 0.325 e. The third-order valence-electron chi connectivity index (χ3n) is 3.86. The standard InChI is InChI=1S/C19H13Cl2N3O4S/c1-10-8-16(24(27)28)29-17(10)19(26)23-13-6-7-14(15(21)9-13)18(25)22-12-4-2-11(20)3-5-12/h2-9H,1H3,(H,22,25)(H,23,26). The topological polar surface area (TPSA) is 101 Å². The fraction of sp³-hybridized carbons (Fsp3) is 0.0526. The van der Waals surface area contributed by atoms with Gasteiger partial charge in [-0.3, -0.25) is 19.7 Å². The third-order valence-corrected chi connectivity index (χ3v) is 5.62. The Balaban J connectivity index is 1.73. The number of anilines is 2. The number of amides is 2. The Hall–Kier alpha value is -2.94. The number of benzene rings is 2. The van der Waals surface area contributed by atoms with Gasteiger partial charge in [-0.1, -0.05) is 34.5 Å². The van der Waals surface area contributed by atoms with Crippen molar-refractivity contribution in [1.82, 2.24) is 0 Å². The number of aryl methyl sites for hydroxylation is 1. The molecule has 0 aliphatic rings. The summed E-state index contributed by atoms with van der Waals surface area (Å²) in [5.41, 5.74) is 1.65. The summed E-state index contributed by atoms with van der Waals surface area (Å²) in [6, 6.07) is 12.4. The Bertz CT molecular complexity index is 1110. The van der Waals surface area contributed by atoms with Crippen LogP contribution in [0.5, 0.6) is 0 Å². The molecule has 2 amide bonds. The van der Waals surface area contributed by atoms with Crippen LogP contribution < -0.4 is 10.6 Å². The second-order valence-electron chi connectivity index (χ2n) is 5.96. The van der Waals surface area contributed by atoms with Crippen molar-refractivity contribution in [2.24, 2.45) is 0 Å². The Kier molecular flexibility index (Phi) is 6.17. The lowest BCUT2D eigenvalue weighted by Gasteiger charge is -2.09. The molecule has 7 nitrogen and oxygen atoms in total. The van der Waals surface area contributed by atoms with Crippen molar-refractivity contribution in [2.75, 3.05) is 10.6 Å². The highest BCUT2D eigenvalue weighted by molar-refractivity contribution is 7.17. The molecule has 2 aromatic carbocycles. The lowest BCUT2D eigenvalue weighted by Crippen LogP contribution is -2.14. The maximum absolute atomic E-state index is 12.4. The number of hydrogen-bond acceptors (Lipinski definition) is 5. The summed E-state index contributed by atoms with van der Waals surface area (Å²) in [7, 11) is 0. The molecular weight excluding hydrogens is 437 g/mol. The van der Waals surface area contributed by atoms with Crippen LogP contribution in [0.3, 0.4) is 0 Å². The quantitative estimate of drug-likeness (QED) is 0.380. The molecular formula is C19H13Cl2N3O4S. The van der Waals surface area contributed by atoms with E-state index in [1.54, 1.807) is 31.2 Å². The molecule has 1 heterocycles. The average molecular weight is 450 g/mol. The first-order chi connectivity index (χ1) is 13.7. The van der Waals surface area contributed by atoms with Crippen LogP contribution in [0, 0.1) is 17.0 Å². The summed E-state index contributed by atoms with van der Waals surface area (Å²) in [5.74, 6) is -0.907. The second kappa shape index (κ2) is 8.60. The maximum Gasteiger partial charge on any atom is 0.325 e. The first kappa shape index (κ1) is 20.8. The fourth-order valence-electron chi connectivity index (χ4n) is 2.48. The molecule has 29 heavy (non-hydrogen) atoms. The van der Waals surface area contributed by atoms with E-state index in [1.807, 2.05) is 0 Å². The zero-order valence-electron chi connectivity index (χ0n) is 14.9. The van der Waals surface area contributed by atoms with Crippen LogP contribution in [0.2, 0.25) is 10.0 Å². The smallest absolute Gasteiger partial charge is 0.322 e. The molecule has 0 bridgehead atoms. The number of nitrogens with one attached hydrogen (secondary N) is 2. The van der Waals surface area contributed by atoms with Gasteiger partial charge in [0.15, 0.2) is 0 Å². The Morgan fingerprint density at radius 2 is 1.59 bits per heavy atom. The van der Waals surface area contributed by atoms with Crippen LogP contribution >= 0.6 is 34.5 Å². The van der Waals surface area contributed by atoms with Gasteiger partial charge in [0, 0.05) is 22.5 Å². The first-order valence-corrected chi connectivity index (χ1v) is 9.74. The SMILES string of the molecule is Cc1cc([N+](=O)[O-])sc1C(=O)Nc1ccc(C(=O)Nc2ccc(Cl)cc2)c(Cl)c1. The molecule has 0 spiro atoms. The van der Waals surface area contributed by atoms with Gasteiger partial charge in [-0.2, -0.15) is 0 Å². The minimum absolute atomic E-state index is 0.111. The number of nitro groups is 1. The summed E-state index contributed by atoms with van der Waals surface area (Å²) in [6.07, 6.45) is 0. The molecule has 0 unspecified atom stereocenters. The average Bonchev–Trinajstić information content (AvgIpc) is 3.06. The zero-order valence-corrected chi connectivity index (χ0v) is 17.2. The second-order valence-corrected chi connectivity index (χ2v) is 7.84. The van der Waals surface area contributed by atoms with Gasteiger partial charge in [0.25, 0.3) is 11.8 Å². The molecule has 0 saturated heterocycles. The van der Waals surface area contributed by atoms with Gasteiger partial charge in [0.05, 0.1) is 15.5 Å². The molecule has 1 aromatic heterocycles. The van der Waals surface area contributed by atoms with E-state index in [4.69, 9.17) is 23.2 Å². The number of carbonyl (C=O) groups excluding carboxylic acids is 2. The van der Waals surface area contributed by atoms with Crippen LogP contribution in [0.4, 0.5) is 16.4 Å². The van der Waals surface area contributed by atoms with Crippen LogP contribution in [-0.2, 0) is 0 Å². The molecule has 10 heteroatoms. The predicted octanol–water partition coefficient (Wildman–Crippen LogP) is 5.78. The molecule has 0 aliphatic heterocycles. The Morgan fingerprint density at radius 3 is 2.17 bits per heavy atom. The molecule has 0 saturated carbocycles. The highest BCUT2D eigenvalue weighted by Crippen LogP contribution is 2.29. The van der Waals surface area contributed by atoms with Crippen LogP contribution in [-0.4, -0.2) is 16.7 Å². The Morgan fingerprint density at radius 1 is 0.966 bits per heavy atom. The van der Waals surface area contributed by atoms with Gasteiger partial charge >= 0.3 is 5.00 Å². The Labute approximate surface area is 179 Å². The fourth-order valence-corrected chi connectivity index (χ4v) is 3.75. The van der Waals surface area contributed by atoms with E-state index in [1.165, 1.54) is 24.3 Å². The molecule has 0 atom stereocenters. The van der Waals surface area contributed by atoms with Crippen molar-refractivity contribution in [3.05, 3.63) is 84.7 Å². The third kappa shape index (κ3) is 4.92. The lowest BCUT2D eigenvalue weighted by molar-refractivity contribution is -0.380. The molecule has 0 aliphatic carbocycles. The molecule has 3 rings (SSSR count). The molecule has 0 radical (unpaired) electrons. The highest BCUT2D eigenvalue weighted by Gasteiger charge is 2.20. The van der Waals surface area contributed by atoms with Crippen molar-refractivity contribution in [2.45, 2.75) is 6.92 Å².